The molecule has 1 saturated heterocycles. The zero-order valence-corrected chi connectivity index (χ0v) is 27.0. The molecule has 2 amide bonds. The fourth-order valence-electron chi connectivity index (χ4n) is 10.6. The number of likely N-dealkylation sites (tertiary alicyclic amines) is 1. The van der Waals surface area contributed by atoms with Crippen molar-refractivity contribution in [1.82, 2.24) is 4.90 Å². The summed E-state index contributed by atoms with van der Waals surface area (Å²) < 4.78 is 5.63. The summed E-state index contributed by atoms with van der Waals surface area (Å²) in [5, 5.41) is 20.6. The molecule has 0 aromatic rings. The van der Waals surface area contributed by atoms with Crippen LogP contribution in [0.25, 0.3) is 0 Å². The predicted molar refractivity (Wildman–Crippen MR) is 165 cm³/mol. The molecule has 0 bridgehead atoms. The number of esters is 1. The molecule has 1 heterocycles. The van der Waals surface area contributed by atoms with E-state index in [1.165, 1.54) is 11.1 Å². The Morgan fingerprint density at radius 1 is 1.05 bits per heavy atom. The summed E-state index contributed by atoms with van der Waals surface area (Å²) in [4.78, 5) is 38.9. The third-order valence-electron chi connectivity index (χ3n) is 13.1. The lowest BCUT2D eigenvalue weighted by Gasteiger charge is -2.59. The van der Waals surface area contributed by atoms with Crippen LogP contribution in [0.4, 0.5) is 4.79 Å². The number of urea groups is 1. The maximum atomic E-state index is 13.6. The Bertz CT molecular complexity index is 1200. The Labute approximate surface area is 257 Å². The van der Waals surface area contributed by atoms with Crippen LogP contribution in [0, 0.1) is 39.4 Å². The van der Waals surface area contributed by atoms with E-state index in [9.17, 15) is 24.6 Å². The SMILES string of the molecule is CCOC(=O)C1(C[C@H](CCC(=O)O)[C@H]2CC=C3C4=C(CC[C@@]32C)[C@@]2(C)CC[C@H](O)C(C)(C)C2CC4)CCN(C(N)=O)CC1. The summed E-state index contributed by atoms with van der Waals surface area (Å²) in [5.74, 6) is -0.290. The molecule has 240 valence electrons. The number of carboxylic acids is 1. The number of nitrogens with two attached hydrogens (primary N) is 1. The molecule has 0 spiro atoms. The molecule has 0 radical (unpaired) electrons. The Kier molecular flexibility index (Phi) is 8.60. The molecule has 1 saturated carbocycles. The summed E-state index contributed by atoms with van der Waals surface area (Å²) in [5.41, 5.74) is 9.36. The standard InChI is InChI=1S/C35H54N2O6/c1-6-43-30(41)35(17-19-37(20-18-35)31(36)42)21-22(7-12-29(39)40)24-9-10-25-23-8-11-27-32(2,3)28(38)14-16-34(27,5)26(23)13-15-33(24,25)4/h10,22,24,27-28,38H,6-9,11-21H2,1-5H3,(H2,36,42)(H,39,40)/t22-,24+,27?,28-,33+,34+/m0/s1. The number of allylic oxidation sites excluding steroid dienone is 4. The van der Waals surface area contributed by atoms with E-state index in [4.69, 9.17) is 10.5 Å². The molecule has 1 unspecified atom stereocenters. The van der Waals surface area contributed by atoms with Gasteiger partial charge in [0.2, 0.25) is 0 Å². The first-order valence-electron chi connectivity index (χ1n) is 16.7. The zero-order valence-electron chi connectivity index (χ0n) is 27.0. The summed E-state index contributed by atoms with van der Waals surface area (Å²) in [7, 11) is 0. The number of aliphatic carboxylic acids is 1. The van der Waals surface area contributed by atoms with Gasteiger partial charge in [0.1, 0.15) is 0 Å². The summed E-state index contributed by atoms with van der Waals surface area (Å²) >= 11 is 0. The summed E-state index contributed by atoms with van der Waals surface area (Å²) in [6.07, 6.45) is 11.3. The molecule has 2 fully saturated rings. The van der Waals surface area contributed by atoms with Crippen molar-refractivity contribution in [2.75, 3.05) is 19.7 Å². The van der Waals surface area contributed by atoms with Crippen LogP contribution >= 0.6 is 0 Å². The lowest BCUT2D eigenvalue weighted by molar-refractivity contribution is -0.160. The van der Waals surface area contributed by atoms with Crippen molar-refractivity contribution in [3.05, 3.63) is 22.8 Å². The second-order valence-corrected chi connectivity index (χ2v) is 15.4. The van der Waals surface area contributed by atoms with Gasteiger partial charge in [-0.2, -0.15) is 0 Å². The van der Waals surface area contributed by atoms with Crippen molar-refractivity contribution < 1.29 is 29.3 Å². The number of carbonyl (C=O) groups excluding carboxylic acids is 2. The number of hydrogen-bond acceptors (Lipinski definition) is 5. The van der Waals surface area contributed by atoms with E-state index in [1.807, 2.05) is 6.92 Å². The molecular weight excluding hydrogens is 544 g/mol. The van der Waals surface area contributed by atoms with Gasteiger partial charge in [-0.1, -0.05) is 39.3 Å². The van der Waals surface area contributed by atoms with Gasteiger partial charge < -0.3 is 25.6 Å². The minimum atomic E-state index is -0.808. The van der Waals surface area contributed by atoms with Gasteiger partial charge in [-0.15, -0.1) is 0 Å². The van der Waals surface area contributed by atoms with Crippen molar-refractivity contribution >= 4 is 18.0 Å². The van der Waals surface area contributed by atoms with E-state index >= 15 is 0 Å². The minimum absolute atomic E-state index is 0.0391. The van der Waals surface area contributed by atoms with Crippen molar-refractivity contribution in [2.45, 2.75) is 118 Å². The second-order valence-electron chi connectivity index (χ2n) is 15.4. The van der Waals surface area contributed by atoms with E-state index < -0.39 is 17.4 Å². The number of primary amides is 1. The third-order valence-corrected chi connectivity index (χ3v) is 13.1. The highest BCUT2D eigenvalue weighted by atomic mass is 16.5. The van der Waals surface area contributed by atoms with Gasteiger partial charge in [0, 0.05) is 19.5 Å². The van der Waals surface area contributed by atoms with Crippen LogP contribution in [0.15, 0.2) is 22.8 Å². The van der Waals surface area contributed by atoms with Gasteiger partial charge in [-0.3, -0.25) is 9.59 Å². The number of aliphatic hydroxyl groups excluding tert-OH is 1. The Hall–Kier alpha value is -2.35. The molecule has 0 aromatic carbocycles. The van der Waals surface area contributed by atoms with Crippen molar-refractivity contribution in [3.8, 4) is 0 Å². The van der Waals surface area contributed by atoms with Gasteiger partial charge in [0.25, 0.3) is 0 Å². The lowest BCUT2D eigenvalue weighted by Crippen LogP contribution is -2.53. The monoisotopic (exact) mass is 598 g/mol. The van der Waals surface area contributed by atoms with Gasteiger partial charge in [0.05, 0.1) is 18.1 Å². The number of carboxylic acid groups (broad SMARTS) is 1. The Morgan fingerprint density at radius 2 is 1.74 bits per heavy atom. The number of rotatable bonds is 8. The maximum Gasteiger partial charge on any atom is 0.314 e. The average Bonchev–Trinajstić information content (AvgIpc) is 3.31. The maximum absolute atomic E-state index is 13.6. The fourth-order valence-corrected chi connectivity index (χ4v) is 10.6. The van der Waals surface area contributed by atoms with E-state index in [1.54, 1.807) is 10.5 Å². The number of piperidine rings is 1. The number of nitrogens with zero attached hydrogens (tertiary/aromatic N) is 1. The van der Waals surface area contributed by atoms with E-state index in [0.717, 1.165) is 44.9 Å². The topological polar surface area (TPSA) is 130 Å². The third kappa shape index (κ3) is 5.33. The molecule has 0 aromatic heterocycles. The molecular formula is C35H54N2O6. The van der Waals surface area contributed by atoms with Gasteiger partial charge in [-0.25, -0.2) is 4.79 Å². The number of amides is 2. The smallest absolute Gasteiger partial charge is 0.314 e. The Balaban J connectivity index is 1.45. The van der Waals surface area contributed by atoms with Gasteiger partial charge in [0.15, 0.2) is 0 Å². The zero-order chi connectivity index (χ0) is 31.4. The van der Waals surface area contributed by atoms with E-state index in [0.29, 0.717) is 44.7 Å². The van der Waals surface area contributed by atoms with Gasteiger partial charge in [-0.05, 0) is 123 Å². The predicted octanol–water partition coefficient (Wildman–Crippen LogP) is 6.22. The fraction of sp³-hybridized carbons (Fsp3) is 0.800. The van der Waals surface area contributed by atoms with Crippen molar-refractivity contribution in [1.29, 1.82) is 0 Å². The molecule has 8 heteroatoms. The highest BCUT2D eigenvalue weighted by molar-refractivity contribution is 5.78. The quantitative estimate of drug-likeness (QED) is 0.284. The number of carbonyl (C=O) groups is 3. The summed E-state index contributed by atoms with van der Waals surface area (Å²) in [6, 6.07) is -0.470. The second kappa shape index (κ2) is 11.5. The first-order valence-corrected chi connectivity index (χ1v) is 16.7. The van der Waals surface area contributed by atoms with Crippen LogP contribution in [-0.4, -0.2) is 58.9 Å². The number of ether oxygens (including phenoxy) is 1. The normalized spacial score (nSPS) is 35.3. The van der Waals surface area contributed by atoms with Crippen LogP contribution in [0.2, 0.25) is 0 Å². The molecule has 4 N–H and O–H groups in total. The molecule has 5 rings (SSSR count). The first-order chi connectivity index (χ1) is 20.2. The molecule has 1 aliphatic heterocycles. The van der Waals surface area contributed by atoms with E-state index in [2.05, 4.69) is 33.8 Å². The summed E-state index contributed by atoms with van der Waals surface area (Å²) in [6.45, 7) is 12.3. The molecule has 4 aliphatic carbocycles. The van der Waals surface area contributed by atoms with Gasteiger partial charge >= 0.3 is 18.0 Å². The highest BCUT2D eigenvalue weighted by Crippen LogP contribution is 2.67. The number of fused-ring (bicyclic) bond motifs is 4. The Morgan fingerprint density at radius 3 is 2.37 bits per heavy atom. The van der Waals surface area contributed by atoms with Crippen molar-refractivity contribution in [2.24, 2.45) is 45.1 Å². The molecule has 8 nitrogen and oxygen atoms in total. The number of hydrogen-bond donors (Lipinski definition) is 3. The number of aliphatic hydroxyl groups is 1. The molecule has 43 heavy (non-hydrogen) atoms. The lowest BCUT2D eigenvalue weighted by atomic mass is 9.46. The van der Waals surface area contributed by atoms with Crippen LogP contribution in [0.5, 0.6) is 0 Å². The van der Waals surface area contributed by atoms with E-state index in [-0.39, 0.29) is 53.2 Å². The minimum Gasteiger partial charge on any atom is -0.481 e. The van der Waals surface area contributed by atoms with Crippen LogP contribution in [0.1, 0.15) is 112 Å². The molecule has 5 aliphatic rings. The first kappa shape index (κ1) is 32.1. The van der Waals surface area contributed by atoms with Crippen LogP contribution < -0.4 is 5.73 Å². The highest BCUT2D eigenvalue weighted by Gasteiger charge is 2.58. The average molecular weight is 599 g/mol. The van der Waals surface area contributed by atoms with Crippen molar-refractivity contribution in [3.63, 3.8) is 0 Å². The largest absolute Gasteiger partial charge is 0.481 e. The van der Waals surface area contributed by atoms with Crippen LogP contribution in [0.3, 0.4) is 0 Å². The molecule has 6 atom stereocenters. The van der Waals surface area contributed by atoms with Crippen LogP contribution in [-0.2, 0) is 14.3 Å².